The molecule has 1 atom stereocenters. The van der Waals surface area contributed by atoms with Crippen molar-refractivity contribution in [3.63, 3.8) is 0 Å². The fraction of sp³-hybridized carbons (Fsp3) is 0.417. The number of likely N-dealkylation sites (N-methyl/N-ethyl adjacent to an activating group) is 1. The molecule has 39 heavy (non-hydrogen) atoms. The van der Waals surface area contributed by atoms with E-state index in [-0.39, 0.29) is 36.2 Å². The Hall–Kier alpha value is -3.06. The number of amides is 2. The van der Waals surface area contributed by atoms with Gasteiger partial charge in [0.1, 0.15) is 17.6 Å². The van der Waals surface area contributed by atoms with Crippen molar-refractivity contribution in [1.29, 1.82) is 5.26 Å². The molecule has 0 radical (unpaired) electrons. The van der Waals surface area contributed by atoms with Gasteiger partial charge in [-0.15, -0.1) is 11.3 Å². The molecule has 0 bridgehead atoms. The van der Waals surface area contributed by atoms with Gasteiger partial charge in [-0.2, -0.15) is 9.57 Å². The van der Waals surface area contributed by atoms with Crippen molar-refractivity contribution in [3.8, 4) is 6.07 Å². The first-order valence-corrected chi connectivity index (χ1v) is 14.7. The van der Waals surface area contributed by atoms with Gasteiger partial charge >= 0.3 is 0 Å². The minimum Gasteiger partial charge on any atom is -0.345 e. The zero-order valence-electron chi connectivity index (χ0n) is 21.6. The molecule has 12 nitrogen and oxygen atoms in total. The highest BCUT2D eigenvalue weighted by molar-refractivity contribution is 7.89. The lowest BCUT2D eigenvalue weighted by molar-refractivity contribution is -0.135. The molecule has 2 amide bonds. The minimum absolute atomic E-state index is 0.00744. The molecule has 206 valence electrons. The van der Waals surface area contributed by atoms with Crippen LogP contribution in [0.25, 0.3) is 10.9 Å². The summed E-state index contributed by atoms with van der Waals surface area (Å²) in [6, 6.07) is 7.32. The highest BCUT2D eigenvalue weighted by Crippen LogP contribution is 2.30. The van der Waals surface area contributed by atoms with Crippen molar-refractivity contribution < 1.29 is 18.0 Å². The lowest BCUT2D eigenvalue weighted by Crippen LogP contribution is -2.61. The Morgan fingerprint density at radius 1 is 1.23 bits per heavy atom. The van der Waals surface area contributed by atoms with Crippen LogP contribution in [0.2, 0.25) is 5.02 Å². The maximum Gasteiger partial charge on any atom is 0.283 e. The SMILES string of the molecule is CN(CC#N)C(=O)C1CN(S(=O)(=O)c2cc3cc(Cl)ccc3[nH]2)CCN1C(=O)c1nc2c(s1)CN(C)N(C)C2. The lowest BCUT2D eigenvalue weighted by Gasteiger charge is -2.40. The van der Waals surface area contributed by atoms with Crippen LogP contribution in [0.5, 0.6) is 0 Å². The third kappa shape index (κ3) is 5.13. The summed E-state index contributed by atoms with van der Waals surface area (Å²) in [5.74, 6) is -0.949. The summed E-state index contributed by atoms with van der Waals surface area (Å²) in [6.07, 6.45) is 0. The fourth-order valence-electron chi connectivity index (χ4n) is 4.73. The van der Waals surface area contributed by atoms with E-state index in [1.54, 1.807) is 18.2 Å². The number of aromatic nitrogens is 2. The number of hydrogen-bond acceptors (Lipinski definition) is 9. The molecular formula is C24H27ClN8O4S2. The normalized spacial score (nSPS) is 19.2. The summed E-state index contributed by atoms with van der Waals surface area (Å²) in [5, 5.41) is 14.5. The Bertz CT molecular complexity index is 1570. The van der Waals surface area contributed by atoms with Crippen molar-refractivity contribution in [1.82, 2.24) is 34.1 Å². The number of carbonyl (C=O) groups excluding carboxylic acids is 2. The third-order valence-corrected chi connectivity index (χ3v) is 10.1. The van der Waals surface area contributed by atoms with Crippen LogP contribution < -0.4 is 0 Å². The van der Waals surface area contributed by atoms with Gasteiger partial charge in [-0.25, -0.2) is 23.4 Å². The number of halogens is 1. The summed E-state index contributed by atoms with van der Waals surface area (Å²) in [5.41, 5.74) is 1.42. The van der Waals surface area contributed by atoms with E-state index < -0.39 is 27.9 Å². The van der Waals surface area contributed by atoms with E-state index in [0.717, 1.165) is 10.6 Å². The average Bonchev–Trinajstić information content (AvgIpc) is 3.52. The molecule has 15 heteroatoms. The number of thiazole rings is 1. The van der Waals surface area contributed by atoms with Crippen molar-refractivity contribution in [2.75, 3.05) is 47.3 Å². The van der Waals surface area contributed by atoms with Gasteiger partial charge in [0.25, 0.3) is 15.9 Å². The molecular weight excluding hydrogens is 564 g/mol. The highest BCUT2D eigenvalue weighted by atomic mass is 35.5. The molecule has 2 aromatic heterocycles. The second-order valence-electron chi connectivity index (χ2n) is 9.62. The maximum absolute atomic E-state index is 13.7. The van der Waals surface area contributed by atoms with Gasteiger partial charge < -0.3 is 14.8 Å². The number of piperazine rings is 1. The standard InChI is InChI=1S/C24H27ClN8O4S2/c1-29(7-6-26)23(34)19-13-32(39(36,37)21-11-15-10-16(25)4-5-17(15)27-21)8-9-33(19)24(35)22-28-18-12-30(2)31(3)14-20(18)38-22/h4-5,10-11,19,27H,7-9,12-14H2,1-3H3. The monoisotopic (exact) mass is 590 g/mol. The zero-order valence-corrected chi connectivity index (χ0v) is 24.0. The van der Waals surface area contributed by atoms with E-state index >= 15 is 0 Å². The van der Waals surface area contributed by atoms with Crippen LogP contribution >= 0.6 is 22.9 Å². The number of aromatic amines is 1. The number of hydrogen-bond donors (Lipinski definition) is 1. The van der Waals surface area contributed by atoms with Gasteiger partial charge in [0, 0.05) is 68.1 Å². The number of nitrogens with zero attached hydrogens (tertiary/aromatic N) is 7. The first kappa shape index (κ1) is 27.5. The molecule has 1 aromatic carbocycles. The number of H-pyrrole nitrogens is 1. The minimum atomic E-state index is -4.03. The van der Waals surface area contributed by atoms with Crippen LogP contribution in [0.1, 0.15) is 20.4 Å². The van der Waals surface area contributed by atoms with Crippen molar-refractivity contribution in [2.24, 2.45) is 0 Å². The van der Waals surface area contributed by atoms with E-state index in [4.69, 9.17) is 16.9 Å². The van der Waals surface area contributed by atoms with Crippen LogP contribution in [0.3, 0.4) is 0 Å². The molecule has 1 saturated heterocycles. The molecule has 0 spiro atoms. The molecule has 1 fully saturated rings. The van der Waals surface area contributed by atoms with Crippen molar-refractivity contribution in [2.45, 2.75) is 24.2 Å². The summed E-state index contributed by atoms with van der Waals surface area (Å²) < 4.78 is 28.4. The average molecular weight is 591 g/mol. The molecule has 3 aromatic rings. The topological polar surface area (TPSA) is 137 Å². The molecule has 4 heterocycles. The molecule has 1 N–H and O–H groups in total. The molecule has 2 aliphatic rings. The van der Waals surface area contributed by atoms with Gasteiger partial charge in [-0.3, -0.25) is 9.59 Å². The van der Waals surface area contributed by atoms with Gasteiger partial charge in [0.05, 0.1) is 18.3 Å². The van der Waals surface area contributed by atoms with Crippen LogP contribution in [0, 0.1) is 11.3 Å². The second kappa shape index (κ2) is 10.5. The number of fused-ring (bicyclic) bond motifs is 2. The third-order valence-electron chi connectivity index (χ3n) is 7.04. The first-order chi connectivity index (χ1) is 18.5. The van der Waals surface area contributed by atoms with Crippen molar-refractivity contribution >= 4 is 55.7 Å². The quantitative estimate of drug-likeness (QED) is 0.442. The van der Waals surface area contributed by atoms with E-state index in [0.29, 0.717) is 29.0 Å². The van der Waals surface area contributed by atoms with Gasteiger partial charge in [-0.1, -0.05) is 11.6 Å². The number of hydrazine groups is 1. The molecule has 2 aliphatic heterocycles. The Balaban J connectivity index is 1.44. The summed E-state index contributed by atoms with van der Waals surface area (Å²) >= 11 is 7.35. The van der Waals surface area contributed by atoms with Crippen molar-refractivity contribution in [3.05, 3.63) is 44.9 Å². The molecule has 0 saturated carbocycles. The number of nitrogens with one attached hydrogen (secondary N) is 1. The number of benzene rings is 1. The predicted molar refractivity (Wildman–Crippen MR) is 145 cm³/mol. The Kier molecular flexibility index (Phi) is 7.40. The fourth-order valence-corrected chi connectivity index (χ4v) is 7.44. The summed E-state index contributed by atoms with van der Waals surface area (Å²) in [7, 11) is 1.31. The number of carbonyl (C=O) groups is 2. The number of rotatable bonds is 5. The van der Waals surface area contributed by atoms with E-state index in [2.05, 4.69) is 9.97 Å². The maximum atomic E-state index is 13.7. The van der Waals surface area contributed by atoms with Gasteiger partial charge in [0.15, 0.2) is 5.01 Å². The Morgan fingerprint density at radius 2 is 1.97 bits per heavy atom. The Morgan fingerprint density at radius 3 is 2.72 bits per heavy atom. The largest absolute Gasteiger partial charge is 0.345 e. The lowest BCUT2D eigenvalue weighted by atomic mass is 10.1. The smallest absolute Gasteiger partial charge is 0.283 e. The van der Waals surface area contributed by atoms with E-state index in [9.17, 15) is 18.0 Å². The first-order valence-electron chi connectivity index (χ1n) is 12.1. The van der Waals surface area contributed by atoms with Gasteiger partial charge in [-0.05, 0) is 24.3 Å². The predicted octanol–water partition coefficient (Wildman–Crippen LogP) is 1.57. The molecule has 5 rings (SSSR count). The number of sulfonamides is 1. The molecule has 0 aliphatic carbocycles. The molecule has 1 unspecified atom stereocenters. The second-order valence-corrected chi connectivity index (χ2v) is 13.0. The zero-order chi connectivity index (χ0) is 28.1. The van der Waals surface area contributed by atoms with Crippen LogP contribution in [0.4, 0.5) is 0 Å². The van der Waals surface area contributed by atoms with Crippen LogP contribution in [-0.4, -0.2) is 108 Å². The Labute approximate surface area is 235 Å². The number of nitriles is 1. The summed E-state index contributed by atoms with van der Waals surface area (Å²) in [6.45, 7) is 0.709. The van der Waals surface area contributed by atoms with Crippen LogP contribution in [-0.2, 0) is 27.9 Å². The highest BCUT2D eigenvalue weighted by Gasteiger charge is 2.42. The van der Waals surface area contributed by atoms with Gasteiger partial charge in [0.2, 0.25) is 5.91 Å². The summed E-state index contributed by atoms with van der Waals surface area (Å²) in [4.78, 5) is 38.1. The van der Waals surface area contributed by atoms with E-state index in [1.807, 2.05) is 30.2 Å². The van der Waals surface area contributed by atoms with Crippen LogP contribution in [0.15, 0.2) is 29.3 Å². The van der Waals surface area contributed by atoms with E-state index in [1.165, 1.54) is 38.6 Å².